The van der Waals surface area contributed by atoms with E-state index < -0.39 is 34.2 Å². The molecule has 1 saturated heterocycles. The van der Waals surface area contributed by atoms with E-state index in [1.54, 1.807) is 0 Å². The third kappa shape index (κ3) is 13.5. The SMILES string of the molecule is CCCC/C=C/[Si]1(C)O[Si](C)(/C=C/CCCC)O[Si](C)(/C=C/CCCC)O[Si](C)(/C=C/CCCC)O1. The van der Waals surface area contributed by atoms with Crippen LogP contribution in [0.3, 0.4) is 0 Å². The maximum absolute atomic E-state index is 7.05. The van der Waals surface area contributed by atoms with E-state index in [0.29, 0.717) is 0 Å². The number of allylic oxidation sites excluding steroid dienone is 4. The van der Waals surface area contributed by atoms with E-state index in [-0.39, 0.29) is 0 Å². The first-order valence-electron chi connectivity index (χ1n) is 14.6. The smallest absolute Gasteiger partial charge is 0.344 e. The summed E-state index contributed by atoms with van der Waals surface area (Å²) in [6.07, 6.45) is 22.7. The lowest BCUT2D eigenvalue weighted by molar-refractivity contribution is 0.250. The van der Waals surface area contributed by atoms with E-state index >= 15 is 0 Å². The van der Waals surface area contributed by atoms with Crippen LogP contribution in [0.5, 0.6) is 0 Å². The Balaban J connectivity index is 3.43. The first-order valence-corrected chi connectivity index (χ1v) is 24.2. The summed E-state index contributed by atoms with van der Waals surface area (Å²) in [5.74, 6) is 0. The van der Waals surface area contributed by atoms with E-state index in [9.17, 15) is 0 Å². The third-order valence-corrected chi connectivity index (χ3v) is 22.5. The molecule has 0 atom stereocenters. The summed E-state index contributed by atoms with van der Waals surface area (Å²) in [7, 11) is -10.8. The summed E-state index contributed by atoms with van der Waals surface area (Å²) in [5.41, 5.74) is 8.97. The minimum absolute atomic E-state index is 1.05. The van der Waals surface area contributed by atoms with Crippen LogP contribution in [-0.4, -0.2) is 34.2 Å². The van der Waals surface area contributed by atoms with Gasteiger partial charge in [0.2, 0.25) is 0 Å². The normalized spacial score (nSPS) is 32.2. The number of hydrogen-bond acceptors (Lipinski definition) is 4. The van der Waals surface area contributed by atoms with E-state index in [1.807, 2.05) is 0 Å². The topological polar surface area (TPSA) is 36.9 Å². The van der Waals surface area contributed by atoms with Crippen molar-refractivity contribution in [3.8, 4) is 0 Å². The molecule has 36 heavy (non-hydrogen) atoms. The second-order valence-electron chi connectivity index (χ2n) is 10.7. The van der Waals surface area contributed by atoms with Gasteiger partial charge in [0, 0.05) is 0 Å². The molecule has 0 N–H and O–H groups in total. The van der Waals surface area contributed by atoms with Crippen LogP contribution in [-0.2, 0) is 16.5 Å². The Bertz CT molecular complexity index is 592. The lowest BCUT2D eigenvalue weighted by atomic mass is 10.2. The molecule has 1 heterocycles. The molecule has 0 radical (unpaired) electrons. The van der Waals surface area contributed by atoms with Gasteiger partial charge in [0.05, 0.1) is 0 Å². The van der Waals surface area contributed by atoms with Crippen molar-refractivity contribution in [2.24, 2.45) is 0 Å². The molecule has 0 aromatic carbocycles. The van der Waals surface area contributed by atoms with Gasteiger partial charge in [-0.1, -0.05) is 103 Å². The van der Waals surface area contributed by atoms with Crippen molar-refractivity contribution in [1.29, 1.82) is 0 Å². The molecule has 0 bridgehead atoms. The fourth-order valence-corrected chi connectivity index (χ4v) is 24.0. The average molecular weight is 569 g/mol. The summed E-state index contributed by atoms with van der Waals surface area (Å²) in [4.78, 5) is 0. The summed E-state index contributed by atoms with van der Waals surface area (Å²) in [6.45, 7) is 17.6. The maximum Gasteiger partial charge on any atom is 0.344 e. The minimum atomic E-state index is -2.69. The number of unbranched alkanes of at least 4 members (excludes halogenated alkanes) is 8. The average Bonchev–Trinajstić information content (AvgIpc) is 2.79. The second-order valence-corrected chi connectivity index (χ2v) is 23.4. The molecular weight excluding hydrogens is 513 g/mol. The Morgan fingerprint density at radius 3 is 0.750 bits per heavy atom. The molecule has 8 heteroatoms. The van der Waals surface area contributed by atoms with Gasteiger partial charge in [0.1, 0.15) is 0 Å². The van der Waals surface area contributed by atoms with Crippen molar-refractivity contribution in [2.75, 3.05) is 0 Å². The van der Waals surface area contributed by atoms with E-state index in [1.165, 1.54) is 51.4 Å². The molecule has 208 valence electrons. The van der Waals surface area contributed by atoms with Crippen LogP contribution in [0.1, 0.15) is 105 Å². The molecule has 0 aliphatic carbocycles. The van der Waals surface area contributed by atoms with Crippen molar-refractivity contribution in [3.63, 3.8) is 0 Å². The summed E-state index contributed by atoms with van der Waals surface area (Å²) in [5, 5.41) is 0. The van der Waals surface area contributed by atoms with Gasteiger partial charge < -0.3 is 16.5 Å². The van der Waals surface area contributed by atoms with Crippen molar-refractivity contribution < 1.29 is 16.5 Å². The Morgan fingerprint density at radius 2 is 0.583 bits per heavy atom. The largest absolute Gasteiger partial charge is 0.410 e. The fraction of sp³-hybridized carbons (Fsp3) is 0.714. The lowest BCUT2D eigenvalue weighted by Crippen LogP contribution is -2.66. The molecule has 1 fully saturated rings. The first-order chi connectivity index (χ1) is 17.1. The first kappa shape index (κ1) is 33.7. The zero-order valence-corrected chi connectivity index (χ0v) is 28.7. The highest BCUT2D eigenvalue weighted by atomic mass is 28.5. The molecule has 0 aromatic rings. The molecule has 0 spiro atoms. The van der Waals surface area contributed by atoms with E-state index in [0.717, 1.165) is 25.7 Å². The predicted molar refractivity (Wildman–Crippen MR) is 165 cm³/mol. The van der Waals surface area contributed by atoms with Gasteiger partial charge in [0.15, 0.2) is 0 Å². The highest BCUT2D eigenvalue weighted by Gasteiger charge is 2.54. The standard InChI is InChI=1S/C28H56O4Si4/c1-9-13-17-21-25-33(5)29-34(6,26-22-18-14-10-2)31-36(8,28-24-20-16-12-4)32-35(7,30-33)27-23-19-15-11-3/h21-28H,9-20H2,1-8H3/b25-21+,26-22+,27-23+,28-24+. The number of rotatable bonds is 16. The predicted octanol–water partition coefficient (Wildman–Crippen LogP) is 9.50. The van der Waals surface area contributed by atoms with Crippen molar-refractivity contribution in [1.82, 2.24) is 0 Å². The van der Waals surface area contributed by atoms with Gasteiger partial charge in [-0.05, 0) is 74.7 Å². The second kappa shape index (κ2) is 17.3. The zero-order chi connectivity index (χ0) is 27.0. The Labute approximate surface area is 228 Å². The monoisotopic (exact) mass is 568 g/mol. The molecule has 1 aliphatic rings. The fourth-order valence-electron chi connectivity index (χ4n) is 4.44. The van der Waals surface area contributed by atoms with Gasteiger partial charge in [-0.3, -0.25) is 0 Å². The Morgan fingerprint density at radius 1 is 0.389 bits per heavy atom. The van der Waals surface area contributed by atoms with Crippen LogP contribution >= 0.6 is 0 Å². The number of hydrogen-bond donors (Lipinski definition) is 0. The van der Waals surface area contributed by atoms with Crippen LogP contribution < -0.4 is 0 Å². The summed E-state index contributed by atoms with van der Waals surface area (Å²) >= 11 is 0. The molecule has 0 amide bonds. The third-order valence-electron chi connectivity index (χ3n) is 6.20. The molecule has 0 saturated carbocycles. The van der Waals surface area contributed by atoms with Crippen LogP contribution in [0, 0.1) is 0 Å². The van der Waals surface area contributed by atoms with E-state index in [4.69, 9.17) is 16.5 Å². The summed E-state index contributed by atoms with van der Waals surface area (Å²) < 4.78 is 28.2. The van der Waals surface area contributed by atoms with Crippen LogP contribution in [0.25, 0.3) is 0 Å². The van der Waals surface area contributed by atoms with Crippen LogP contribution in [0.2, 0.25) is 26.2 Å². The van der Waals surface area contributed by atoms with Crippen molar-refractivity contribution in [3.05, 3.63) is 47.1 Å². The van der Waals surface area contributed by atoms with Gasteiger partial charge in [-0.25, -0.2) is 0 Å². The maximum atomic E-state index is 7.05. The minimum Gasteiger partial charge on any atom is -0.410 e. The summed E-state index contributed by atoms with van der Waals surface area (Å²) in [6, 6.07) is 0. The molecule has 1 rings (SSSR count). The molecular formula is C28H56O4Si4. The highest BCUT2D eigenvalue weighted by molar-refractivity contribution is 6.98. The van der Waals surface area contributed by atoms with Gasteiger partial charge >= 0.3 is 34.2 Å². The van der Waals surface area contributed by atoms with Crippen molar-refractivity contribution in [2.45, 2.75) is 131 Å². The quantitative estimate of drug-likeness (QED) is 0.137. The molecule has 1 aliphatic heterocycles. The van der Waals surface area contributed by atoms with Crippen LogP contribution in [0.15, 0.2) is 47.1 Å². The Kier molecular flexibility index (Phi) is 16.2. The Hall–Kier alpha value is -0.332. The van der Waals surface area contributed by atoms with Crippen LogP contribution in [0.4, 0.5) is 0 Å². The molecule has 0 aromatic heterocycles. The van der Waals surface area contributed by atoms with Gasteiger partial charge in [0.25, 0.3) is 0 Å². The van der Waals surface area contributed by atoms with Gasteiger partial charge in [-0.15, -0.1) is 0 Å². The lowest BCUT2D eigenvalue weighted by Gasteiger charge is -2.47. The molecule has 0 unspecified atom stereocenters. The van der Waals surface area contributed by atoms with E-state index in [2.05, 4.69) is 101 Å². The zero-order valence-electron chi connectivity index (χ0n) is 24.7. The van der Waals surface area contributed by atoms with Gasteiger partial charge in [-0.2, -0.15) is 0 Å². The van der Waals surface area contributed by atoms with Crippen molar-refractivity contribution >= 4 is 34.2 Å². The highest BCUT2D eigenvalue weighted by Crippen LogP contribution is 2.34. The molecule has 4 nitrogen and oxygen atoms in total.